The van der Waals surface area contributed by atoms with Gasteiger partial charge in [0.1, 0.15) is 0 Å². The highest BCUT2D eigenvalue weighted by Gasteiger charge is 2.14. The lowest BCUT2D eigenvalue weighted by Crippen LogP contribution is -2.27. The summed E-state index contributed by atoms with van der Waals surface area (Å²) in [4.78, 5) is 0. The quantitative estimate of drug-likeness (QED) is 0.710. The van der Waals surface area contributed by atoms with E-state index in [0.717, 1.165) is 12.1 Å². The van der Waals surface area contributed by atoms with Crippen molar-refractivity contribution in [3.63, 3.8) is 0 Å². The summed E-state index contributed by atoms with van der Waals surface area (Å²) < 4.78 is 5.66. The zero-order valence-electron chi connectivity index (χ0n) is 12.9. The van der Waals surface area contributed by atoms with Gasteiger partial charge in [-0.3, -0.25) is 0 Å². The largest absolute Gasteiger partial charge is 0.488 e. The highest BCUT2D eigenvalue weighted by atomic mass is 35.5. The van der Waals surface area contributed by atoms with Crippen LogP contribution in [0.25, 0.3) is 0 Å². The first-order chi connectivity index (χ1) is 10.1. The predicted molar refractivity (Wildman–Crippen MR) is 90.6 cm³/mol. The third-order valence-corrected chi connectivity index (χ3v) is 4.42. The summed E-state index contributed by atoms with van der Waals surface area (Å²) in [6.07, 6.45) is 8.02. The summed E-state index contributed by atoms with van der Waals surface area (Å²) in [5.41, 5.74) is 1.12. The number of ether oxygens (including phenoxy) is 1. The molecule has 4 heteroatoms. The SMILES string of the molecule is CC(C)Oc1c(Cl)cc(CNC2CCCCCC2)cc1Cl. The van der Waals surface area contributed by atoms with Gasteiger partial charge in [-0.05, 0) is 44.4 Å². The molecule has 0 aliphatic heterocycles. The van der Waals surface area contributed by atoms with Gasteiger partial charge in [0.05, 0.1) is 16.1 Å². The van der Waals surface area contributed by atoms with Crippen LogP contribution in [0.4, 0.5) is 0 Å². The molecule has 0 unspecified atom stereocenters. The standard InChI is InChI=1S/C17H25Cl2NO/c1-12(2)21-17-15(18)9-13(10-16(17)19)11-20-14-7-5-3-4-6-8-14/h9-10,12,14,20H,3-8,11H2,1-2H3. The molecule has 0 aromatic heterocycles. The summed E-state index contributed by atoms with van der Waals surface area (Å²) in [6, 6.07) is 4.53. The molecule has 2 nitrogen and oxygen atoms in total. The van der Waals surface area contributed by atoms with Gasteiger partial charge in [0, 0.05) is 12.6 Å². The van der Waals surface area contributed by atoms with Crippen molar-refractivity contribution in [3.05, 3.63) is 27.7 Å². The van der Waals surface area contributed by atoms with Crippen LogP contribution in [0.2, 0.25) is 10.0 Å². The van der Waals surface area contributed by atoms with Gasteiger partial charge in [0.2, 0.25) is 0 Å². The second-order valence-corrected chi connectivity index (χ2v) is 6.94. The minimum Gasteiger partial charge on any atom is -0.488 e. The molecule has 1 aromatic carbocycles. The lowest BCUT2D eigenvalue weighted by atomic mass is 10.1. The number of hydrogen-bond donors (Lipinski definition) is 1. The summed E-state index contributed by atoms with van der Waals surface area (Å²) in [7, 11) is 0. The zero-order valence-corrected chi connectivity index (χ0v) is 14.4. The highest BCUT2D eigenvalue weighted by molar-refractivity contribution is 6.37. The van der Waals surface area contributed by atoms with Crippen molar-refractivity contribution in [2.24, 2.45) is 0 Å². The van der Waals surface area contributed by atoms with Crippen molar-refractivity contribution in [1.82, 2.24) is 5.32 Å². The number of rotatable bonds is 5. The number of benzene rings is 1. The predicted octanol–water partition coefficient (Wildman–Crippen LogP) is 5.59. The van der Waals surface area contributed by atoms with Crippen LogP contribution >= 0.6 is 23.2 Å². The Morgan fingerprint density at radius 1 is 1.10 bits per heavy atom. The molecule has 1 fully saturated rings. The average molecular weight is 330 g/mol. The van der Waals surface area contributed by atoms with Crippen LogP contribution in [0.1, 0.15) is 57.9 Å². The van der Waals surface area contributed by atoms with E-state index in [2.05, 4.69) is 5.32 Å². The monoisotopic (exact) mass is 329 g/mol. The van der Waals surface area contributed by atoms with E-state index in [1.807, 2.05) is 26.0 Å². The maximum absolute atomic E-state index is 6.29. The second-order valence-electron chi connectivity index (χ2n) is 6.12. The zero-order chi connectivity index (χ0) is 15.2. The molecule has 0 bridgehead atoms. The van der Waals surface area contributed by atoms with Gasteiger partial charge in [-0.1, -0.05) is 48.9 Å². The molecular weight excluding hydrogens is 305 g/mol. The molecule has 1 saturated carbocycles. The van der Waals surface area contributed by atoms with E-state index in [1.165, 1.54) is 38.5 Å². The number of nitrogens with one attached hydrogen (secondary N) is 1. The summed E-state index contributed by atoms with van der Waals surface area (Å²) >= 11 is 12.6. The van der Waals surface area contributed by atoms with Crippen LogP contribution in [0, 0.1) is 0 Å². The molecule has 2 rings (SSSR count). The van der Waals surface area contributed by atoms with Crippen molar-refractivity contribution >= 4 is 23.2 Å². The van der Waals surface area contributed by atoms with Crippen LogP contribution in [0.5, 0.6) is 5.75 Å². The van der Waals surface area contributed by atoms with Gasteiger partial charge < -0.3 is 10.1 Å². The van der Waals surface area contributed by atoms with E-state index in [4.69, 9.17) is 27.9 Å². The van der Waals surface area contributed by atoms with E-state index < -0.39 is 0 Å². The maximum atomic E-state index is 6.29. The molecule has 0 heterocycles. The third-order valence-electron chi connectivity index (χ3n) is 3.86. The molecule has 1 aliphatic carbocycles. The Morgan fingerprint density at radius 2 is 1.67 bits per heavy atom. The van der Waals surface area contributed by atoms with Crippen LogP contribution in [0.15, 0.2) is 12.1 Å². The molecule has 1 aromatic rings. The molecule has 0 saturated heterocycles. The van der Waals surface area contributed by atoms with Crippen LogP contribution < -0.4 is 10.1 Å². The summed E-state index contributed by atoms with van der Waals surface area (Å²) in [6.45, 7) is 4.74. The van der Waals surface area contributed by atoms with E-state index in [0.29, 0.717) is 21.8 Å². The Hall–Kier alpha value is -0.440. The Morgan fingerprint density at radius 3 is 2.19 bits per heavy atom. The Bertz CT molecular complexity index is 431. The molecule has 21 heavy (non-hydrogen) atoms. The van der Waals surface area contributed by atoms with Gasteiger partial charge in [0.25, 0.3) is 0 Å². The third kappa shape index (κ3) is 5.36. The van der Waals surface area contributed by atoms with E-state index in [-0.39, 0.29) is 6.10 Å². The normalized spacial score (nSPS) is 17.0. The smallest absolute Gasteiger partial charge is 0.156 e. The molecule has 1 aliphatic rings. The second kappa shape index (κ2) is 8.26. The van der Waals surface area contributed by atoms with Crippen molar-refractivity contribution < 1.29 is 4.74 Å². The van der Waals surface area contributed by atoms with Crippen molar-refractivity contribution in [1.29, 1.82) is 0 Å². The average Bonchev–Trinajstić information content (AvgIpc) is 2.69. The van der Waals surface area contributed by atoms with Crippen molar-refractivity contribution in [2.45, 2.75) is 71.1 Å². The van der Waals surface area contributed by atoms with Gasteiger partial charge in [0.15, 0.2) is 5.75 Å². The first-order valence-electron chi connectivity index (χ1n) is 7.94. The van der Waals surface area contributed by atoms with E-state index in [9.17, 15) is 0 Å². The van der Waals surface area contributed by atoms with Gasteiger partial charge in [-0.15, -0.1) is 0 Å². The fourth-order valence-electron chi connectivity index (χ4n) is 2.81. The minimum atomic E-state index is 0.0648. The van der Waals surface area contributed by atoms with E-state index >= 15 is 0 Å². The molecule has 0 spiro atoms. The molecule has 1 N–H and O–H groups in total. The molecule has 0 amide bonds. The fraction of sp³-hybridized carbons (Fsp3) is 0.647. The Balaban J connectivity index is 1.97. The van der Waals surface area contributed by atoms with E-state index in [1.54, 1.807) is 0 Å². The topological polar surface area (TPSA) is 21.3 Å². The lowest BCUT2D eigenvalue weighted by molar-refractivity contribution is 0.242. The van der Waals surface area contributed by atoms with Crippen molar-refractivity contribution in [3.8, 4) is 5.75 Å². The van der Waals surface area contributed by atoms with Crippen LogP contribution in [0.3, 0.4) is 0 Å². The molecule has 0 radical (unpaired) electrons. The molecular formula is C17H25Cl2NO. The number of hydrogen-bond acceptors (Lipinski definition) is 2. The van der Waals surface area contributed by atoms with Crippen LogP contribution in [-0.4, -0.2) is 12.1 Å². The van der Waals surface area contributed by atoms with Crippen molar-refractivity contribution in [2.75, 3.05) is 0 Å². The molecule has 118 valence electrons. The first kappa shape index (κ1) is 16.9. The van der Waals surface area contributed by atoms with Crippen LogP contribution in [-0.2, 0) is 6.54 Å². The summed E-state index contributed by atoms with van der Waals surface area (Å²) in [5.74, 6) is 0.589. The summed E-state index contributed by atoms with van der Waals surface area (Å²) in [5, 5.41) is 4.82. The Labute approximate surface area is 138 Å². The highest BCUT2D eigenvalue weighted by Crippen LogP contribution is 2.35. The Kier molecular flexibility index (Phi) is 6.66. The lowest BCUT2D eigenvalue weighted by Gasteiger charge is -2.18. The minimum absolute atomic E-state index is 0.0648. The molecule has 0 atom stereocenters. The van der Waals surface area contributed by atoms with Gasteiger partial charge in [-0.25, -0.2) is 0 Å². The maximum Gasteiger partial charge on any atom is 0.156 e. The first-order valence-corrected chi connectivity index (χ1v) is 8.70. The van der Waals surface area contributed by atoms with Gasteiger partial charge in [-0.2, -0.15) is 0 Å². The fourth-order valence-corrected chi connectivity index (χ4v) is 3.43. The number of halogens is 2. The van der Waals surface area contributed by atoms with Gasteiger partial charge >= 0.3 is 0 Å².